The summed E-state index contributed by atoms with van der Waals surface area (Å²) >= 11 is 5.86. The topological polar surface area (TPSA) is 44.1 Å². The van der Waals surface area contributed by atoms with Gasteiger partial charge in [0.1, 0.15) is 17.3 Å². The van der Waals surface area contributed by atoms with Crippen LogP contribution >= 0.6 is 11.6 Å². The number of imidazole rings is 1. The third kappa shape index (κ3) is 4.70. The van der Waals surface area contributed by atoms with Crippen LogP contribution in [0.2, 0.25) is 5.02 Å². The second-order valence-corrected chi connectivity index (χ2v) is 6.21. The number of aryl methyl sites for hydroxylation is 2. The number of benzene rings is 2. The highest BCUT2D eigenvalue weighted by molar-refractivity contribution is 6.30. The van der Waals surface area contributed by atoms with Gasteiger partial charge in [0.05, 0.1) is 0 Å². The van der Waals surface area contributed by atoms with Gasteiger partial charge < -0.3 is 9.30 Å². The molecular weight excluding hydrogens is 336 g/mol. The number of ether oxygens (including phenoxy) is 1. The van der Waals surface area contributed by atoms with E-state index >= 15 is 0 Å². The van der Waals surface area contributed by atoms with Crippen LogP contribution in [-0.2, 0) is 6.54 Å². The normalized spacial score (nSPS) is 10.6. The summed E-state index contributed by atoms with van der Waals surface area (Å²) in [6.07, 6.45) is 5.01. The molecular formula is C20H19ClN2O2. The Morgan fingerprint density at radius 3 is 2.32 bits per heavy atom. The molecule has 2 aromatic carbocycles. The highest BCUT2D eigenvalue weighted by Gasteiger charge is 2.07. The molecule has 25 heavy (non-hydrogen) atoms. The van der Waals surface area contributed by atoms with Gasteiger partial charge in [-0.1, -0.05) is 11.6 Å². The first-order chi connectivity index (χ1) is 12.1. The van der Waals surface area contributed by atoms with Crippen molar-refractivity contribution in [3.05, 3.63) is 77.3 Å². The Bertz CT molecular complexity index is 839. The van der Waals surface area contributed by atoms with Gasteiger partial charge in [0.15, 0.2) is 5.78 Å². The number of carbonyl (C=O) groups excluding carboxylic acids is 1. The molecule has 128 valence electrons. The largest absolute Gasteiger partial charge is 0.457 e. The lowest BCUT2D eigenvalue weighted by atomic mass is 10.1. The monoisotopic (exact) mass is 354 g/mol. The van der Waals surface area contributed by atoms with E-state index in [0.717, 1.165) is 18.8 Å². The van der Waals surface area contributed by atoms with Gasteiger partial charge in [0.2, 0.25) is 0 Å². The van der Waals surface area contributed by atoms with Crippen molar-refractivity contribution in [2.45, 2.75) is 26.3 Å². The van der Waals surface area contributed by atoms with Gasteiger partial charge in [0, 0.05) is 35.9 Å². The first-order valence-corrected chi connectivity index (χ1v) is 8.54. The van der Waals surface area contributed by atoms with Crippen molar-refractivity contribution in [1.82, 2.24) is 9.55 Å². The predicted octanol–water partition coefficient (Wildman–Crippen LogP) is 5.30. The highest BCUT2D eigenvalue weighted by atomic mass is 35.5. The van der Waals surface area contributed by atoms with Crippen molar-refractivity contribution in [2.24, 2.45) is 0 Å². The van der Waals surface area contributed by atoms with Crippen molar-refractivity contribution >= 4 is 17.4 Å². The molecule has 0 spiro atoms. The van der Waals surface area contributed by atoms with Crippen molar-refractivity contribution in [2.75, 3.05) is 0 Å². The molecule has 0 atom stereocenters. The number of ketones is 1. The molecule has 0 aliphatic heterocycles. The van der Waals surface area contributed by atoms with Crippen LogP contribution in [0.1, 0.15) is 29.0 Å². The number of hydrogen-bond donors (Lipinski definition) is 0. The second kappa shape index (κ2) is 7.99. The van der Waals surface area contributed by atoms with Crippen LogP contribution in [0.25, 0.3) is 0 Å². The molecule has 0 unspecified atom stereocenters. The summed E-state index contributed by atoms with van der Waals surface area (Å²) in [5, 5.41) is 0.666. The van der Waals surface area contributed by atoms with E-state index in [1.807, 2.05) is 25.3 Å². The van der Waals surface area contributed by atoms with Crippen LogP contribution in [-0.4, -0.2) is 15.3 Å². The average molecular weight is 355 g/mol. The zero-order valence-electron chi connectivity index (χ0n) is 14.0. The smallest absolute Gasteiger partial charge is 0.162 e. The van der Waals surface area contributed by atoms with Gasteiger partial charge in [-0.15, -0.1) is 0 Å². The van der Waals surface area contributed by atoms with Crippen molar-refractivity contribution in [3.8, 4) is 11.5 Å². The van der Waals surface area contributed by atoms with Gasteiger partial charge >= 0.3 is 0 Å². The minimum absolute atomic E-state index is 0.135. The summed E-state index contributed by atoms with van der Waals surface area (Å²) in [7, 11) is 0. The van der Waals surface area contributed by atoms with Crippen LogP contribution in [0.4, 0.5) is 0 Å². The maximum absolute atomic E-state index is 12.3. The molecule has 1 aromatic heterocycles. The third-order valence-electron chi connectivity index (χ3n) is 3.95. The summed E-state index contributed by atoms with van der Waals surface area (Å²) in [4.78, 5) is 16.5. The Hall–Kier alpha value is -2.59. The molecule has 5 heteroatoms. The summed E-state index contributed by atoms with van der Waals surface area (Å²) < 4.78 is 7.78. The highest BCUT2D eigenvalue weighted by Crippen LogP contribution is 2.23. The SMILES string of the molecule is Cc1nccn1CCCC(=O)c1ccc(Oc2ccc(Cl)cc2)cc1. The van der Waals surface area contributed by atoms with Gasteiger partial charge in [-0.3, -0.25) is 4.79 Å². The van der Waals surface area contributed by atoms with Gasteiger partial charge in [-0.25, -0.2) is 4.98 Å². The maximum atomic E-state index is 12.3. The Morgan fingerprint density at radius 2 is 1.72 bits per heavy atom. The molecule has 0 saturated heterocycles. The molecule has 0 fully saturated rings. The molecule has 0 radical (unpaired) electrons. The summed E-state index contributed by atoms with van der Waals surface area (Å²) in [6.45, 7) is 2.76. The molecule has 0 aliphatic carbocycles. The number of Topliss-reactive ketones (excluding diaryl/α,β-unsaturated/α-hetero) is 1. The number of hydrogen-bond acceptors (Lipinski definition) is 3. The van der Waals surface area contributed by atoms with E-state index in [0.29, 0.717) is 28.5 Å². The van der Waals surface area contributed by atoms with Crippen molar-refractivity contribution < 1.29 is 9.53 Å². The van der Waals surface area contributed by atoms with Crippen LogP contribution in [0, 0.1) is 6.92 Å². The van der Waals surface area contributed by atoms with Crippen molar-refractivity contribution in [1.29, 1.82) is 0 Å². The van der Waals surface area contributed by atoms with E-state index in [-0.39, 0.29) is 5.78 Å². The fourth-order valence-corrected chi connectivity index (χ4v) is 2.67. The van der Waals surface area contributed by atoms with Gasteiger partial charge in [-0.2, -0.15) is 0 Å². The number of rotatable bonds is 7. The van der Waals surface area contributed by atoms with E-state index in [4.69, 9.17) is 16.3 Å². The minimum atomic E-state index is 0.135. The third-order valence-corrected chi connectivity index (χ3v) is 4.20. The fraction of sp³-hybridized carbons (Fsp3) is 0.200. The molecule has 3 aromatic rings. The lowest BCUT2D eigenvalue weighted by Crippen LogP contribution is -2.04. The quantitative estimate of drug-likeness (QED) is 0.541. The molecule has 1 heterocycles. The Kier molecular flexibility index (Phi) is 5.51. The van der Waals surface area contributed by atoms with Crippen LogP contribution in [0.3, 0.4) is 0 Å². The first-order valence-electron chi connectivity index (χ1n) is 8.16. The van der Waals surface area contributed by atoms with E-state index < -0.39 is 0 Å². The first kappa shape index (κ1) is 17.2. The van der Waals surface area contributed by atoms with Crippen LogP contribution in [0.15, 0.2) is 60.9 Å². The number of nitrogens with zero attached hydrogens (tertiary/aromatic N) is 2. The van der Waals surface area contributed by atoms with E-state index in [1.165, 1.54) is 0 Å². The van der Waals surface area contributed by atoms with Gasteiger partial charge in [-0.05, 0) is 61.9 Å². The number of aromatic nitrogens is 2. The zero-order valence-corrected chi connectivity index (χ0v) is 14.7. The Morgan fingerprint density at radius 1 is 1.08 bits per heavy atom. The summed E-state index contributed by atoms with van der Waals surface area (Å²) in [5.41, 5.74) is 0.700. The molecule has 0 amide bonds. The molecule has 3 rings (SSSR count). The second-order valence-electron chi connectivity index (χ2n) is 5.77. The van der Waals surface area contributed by atoms with Gasteiger partial charge in [0.25, 0.3) is 0 Å². The Balaban J connectivity index is 1.53. The Labute approximate surface area is 152 Å². The number of carbonyl (C=O) groups is 1. The van der Waals surface area contributed by atoms with Crippen molar-refractivity contribution in [3.63, 3.8) is 0 Å². The molecule has 0 bridgehead atoms. The maximum Gasteiger partial charge on any atom is 0.162 e. The molecule has 0 saturated carbocycles. The number of halogens is 1. The predicted molar refractivity (Wildman–Crippen MR) is 98.5 cm³/mol. The van der Waals surface area contributed by atoms with E-state index in [2.05, 4.69) is 9.55 Å². The van der Waals surface area contributed by atoms with Crippen LogP contribution in [0.5, 0.6) is 11.5 Å². The lowest BCUT2D eigenvalue weighted by Gasteiger charge is -2.07. The lowest BCUT2D eigenvalue weighted by molar-refractivity contribution is 0.0978. The zero-order chi connectivity index (χ0) is 17.6. The van der Waals surface area contributed by atoms with E-state index in [9.17, 15) is 4.79 Å². The fourth-order valence-electron chi connectivity index (χ4n) is 2.54. The van der Waals surface area contributed by atoms with Crippen LogP contribution < -0.4 is 4.74 Å². The standard InChI is InChI=1S/C20H19ClN2O2/c1-15-22-12-14-23(15)13-2-3-20(24)16-4-8-18(9-5-16)25-19-10-6-17(21)7-11-19/h4-12,14H,2-3,13H2,1H3. The summed E-state index contributed by atoms with van der Waals surface area (Å²) in [5.74, 6) is 2.50. The minimum Gasteiger partial charge on any atom is -0.457 e. The molecule has 0 N–H and O–H groups in total. The summed E-state index contributed by atoms with van der Waals surface area (Å²) in [6, 6.07) is 14.4. The molecule has 4 nitrogen and oxygen atoms in total. The average Bonchev–Trinajstić information content (AvgIpc) is 3.02. The molecule has 0 aliphatic rings. The van der Waals surface area contributed by atoms with E-state index in [1.54, 1.807) is 42.6 Å².